The van der Waals surface area contributed by atoms with E-state index >= 15 is 0 Å². The molecule has 0 aliphatic heterocycles. The van der Waals surface area contributed by atoms with Crippen LogP contribution in [0.15, 0.2) is 18.2 Å². The molecular weight excluding hydrogens is 278 g/mol. The first kappa shape index (κ1) is 16.8. The van der Waals surface area contributed by atoms with E-state index in [1.165, 1.54) is 0 Å². The van der Waals surface area contributed by atoms with Crippen LogP contribution in [0.3, 0.4) is 0 Å². The molecule has 1 aromatic carbocycles. The summed E-state index contributed by atoms with van der Waals surface area (Å²) in [5, 5.41) is 12.8. The number of nitrogens with one attached hydrogen (secondary N) is 1. The zero-order valence-corrected chi connectivity index (χ0v) is 13.1. The number of hydrogen-bond donors (Lipinski definition) is 2. The molecule has 0 heterocycles. The maximum absolute atomic E-state index is 11.2. The molecule has 0 unspecified atom stereocenters. The number of aliphatic carboxylic acids is 1. The molecule has 1 aromatic rings. The van der Waals surface area contributed by atoms with Crippen LogP contribution < -0.4 is 10.1 Å². The van der Waals surface area contributed by atoms with E-state index in [1.807, 2.05) is 33.8 Å². The number of hydrogen-bond acceptors (Lipinski definition) is 3. The quantitative estimate of drug-likeness (QED) is 0.811. The van der Waals surface area contributed by atoms with Gasteiger partial charge in [-0.05, 0) is 38.0 Å². The van der Waals surface area contributed by atoms with E-state index in [2.05, 4.69) is 5.32 Å². The number of benzene rings is 1. The van der Waals surface area contributed by atoms with Gasteiger partial charge in [-0.25, -0.2) is 0 Å². The van der Waals surface area contributed by atoms with Crippen molar-refractivity contribution in [1.82, 2.24) is 5.32 Å². The topological polar surface area (TPSA) is 58.6 Å². The van der Waals surface area contributed by atoms with Crippen LogP contribution in [0, 0.1) is 5.92 Å². The summed E-state index contributed by atoms with van der Waals surface area (Å²) in [6.07, 6.45) is 0.0512. The summed E-state index contributed by atoms with van der Waals surface area (Å²) in [6, 6.07) is 4.77. The number of carboxylic acid groups (broad SMARTS) is 1. The lowest BCUT2D eigenvalue weighted by molar-refractivity contribution is -0.140. The Balaban J connectivity index is 2.84. The Morgan fingerprint density at radius 2 is 2.00 bits per heavy atom. The molecular formula is C15H22ClNO3. The fourth-order valence-electron chi connectivity index (χ4n) is 1.88. The van der Waals surface area contributed by atoms with Gasteiger partial charge in [0.05, 0.1) is 6.10 Å². The standard InChI is InChI=1S/C15H22ClNO3/c1-9(2)14(15(18)19)17-8-11-7-12(16)5-6-13(11)20-10(3)4/h5-7,9-10,14,17H,8H2,1-4H3,(H,18,19)/t14-/m0/s1. The van der Waals surface area contributed by atoms with Gasteiger partial charge in [0.1, 0.15) is 11.8 Å². The predicted octanol–water partition coefficient (Wildman–Crippen LogP) is 3.33. The third-order valence-electron chi connectivity index (χ3n) is 2.83. The highest BCUT2D eigenvalue weighted by Crippen LogP contribution is 2.24. The van der Waals surface area contributed by atoms with Gasteiger partial charge in [-0.2, -0.15) is 0 Å². The van der Waals surface area contributed by atoms with Gasteiger partial charge >= 0.3 is 5.97 Å². The molecule has 2 N–H and O–H groups in total. The first-order chi connectivity index (χ1) is 9.31. The second-order valence-corrected chi connectivity index (χ2v) is 5.80. The van der Waals surface area contributed by atoms with Gasteiger partial charge in [0, 0.05) is 17.1 Å². The third-order valence-corrected chi connectivity index (χ3v) is 3.07. The average molecular weight is 300 g/mol. The number of carbonyl (C=O) groups is 1. The van der Waals surface area contributed by atoms with E-state index in [9.17, 15) is 9.90 Å². The zero-order valence-electron chi connectivity index (χ0n) is 12.3. The highest BCUT2D eigenvalue weighted by molar-refractivity contribution is 6.30. The molecule has 5 heteroatoms. The zero-order chi connectivity index (χ0) is 15.3. The largest absolute Gasteiger partial charge is 0.491 e. The smallest absolute Gasteiger partial charge is 0.320 e. The Hall–Kier alpha value is -1.26. The van der Waals surface area contributed by atoms with E-state index in [0.717, 1.165) is 11.3 Å². The molecule has 0 amide bonds. The van der Waals surface area contributed by atoms with Crippen molar-refractivity contribution in [2.75, 3.05) is 0 Å². The number of carboxylic acids is 1. The highest BCUT2D eigenvalue weighted by Gasteiger charge is 2.21. The summed E-state index contributed by atoms with van der Waals surface area (Å²) in [4.78, 5) is 11.2. The van der Waals surface area contributed by atoms with Gasteiger partial charge in [-0.3, -0.25) is 10.1 Å². The van der Waals surface area contributed by atoms with Crippen molar-refractivity contribution in [3.05, 3.63) is 28.8 Å². The van der Waals surface area contributed by atoms with Gasteiger partial charge in [0.2, 0.25) is 0 Å². The summed E-state index contributed by atoms with van der Waals surface area (Å²) in [5.41, 5.74) is 0.859. The maximum Gasteiger partial charge on any atom is 0.320 e. The molecule has 0 fully saturated rings. The molecule has 0 aromatic heterocycles. The number of rotatable bonds is 7. The third kappa shape index (κ3) is 5.02. The lowest BCUT2D eigenvalue weighted by Gasteiger charge is -2.20. The summed E-state index contributed by atoms with van der Waals surface area (Å²) < 4.78 is 5.71. The Labute approximate surface area is 125 Å². The second kappa shape index (κ2) is 7.50. The van der Waals surface area contributed by atoms with Crippen molar-refractivity contribution in [2.45, 2.75) is 46.4 Å². The summed E-state index contributed by atoms with van der Waals surface area (Å²) >= 11 is 5.99. The molecule has 0 bridgehead atoms. The van der Waals surface area contributed by atoms with E-state index in [0.29, 0.717) is 11.6 Å². The summed E-state index contributed by atoms with van der Waals surface area (Å²) in [5.74, 6) is -0.126. The molecule has 1 atom stereocenters. The maximum atomic E-state index is 11.2. The van der Waals surface area contributed by atoms with Gasteiger partial charge in [-0.15, -0.1) is 0 Å². The van der Waals surface area contributed by atoms with Crippen LogP contribution in [0.5, 0.6) is 5.75 Å². The second-order valence-electron chi connectivity index (χ2n) is 5.36. The van der Waals surface area contributed by atoms with Crippen molar-refractivity contribution in [3.8, 4) is 5.75 Å². The van der Waals surface area contributed by atoms with Crippen molar-refractivity contribution < 1.29 is 14.6 Å². The van der Waals surface area contributed by atoms with Crippen molar-refractivity contribution >= 4 is 17.6 Å². The molecule has 0 spiro atoms. The Bertz CT molecular complexity index is 460. The monoisotopic (exact) mass is 299 g/mol. The molecule has 112 valence electrons. The Morgan fingerprint density at radius 3 is 2.50 bits per heavy atom. The van der Waals surface area contributed by atoms with E-state index in [-0.39, 0.29) is 12.0 Å². The molecule has 0 radical (unpaired) electrons. The van der Waals surface area contributed by atoms with E-state index in [4.69, 9.17) is 16.3 Å². The van der Waals surface area contributed by atoms with E-state index < -0.39 is 12.0 Å². The minimum atomic E-state index is -0.853. The SMILES string of the molecule is CC(C)Oc1ccc(Cl)cc1CN[C@H](C(=O)O)C(C)C. The molecule has 20 heavy (non-hydrogen) atoms. The van der Waals surface area contributed by atoms with Crippen LogP contribution in [0.2, 0.25) is 5.02 Å². The van der Waals surface area contributed by atoms with Gasteiger partial charge in [0.25, 0.3) is 0 Å². The Kier molecular flexibility index (Phi) is 6.30. The fourth-order valence-corrected chi connectivity index (χ4v) is 2.08. The Morgan fingerprint density at radius 1 is 1.35 bits per heavy atom. The summed E-state index contributed by atoms with van der Waals surface area (Å²) in [7, 11) is 0. The van der Waals surface area contributed by atoms with Crippen molar-refractivity contribution in [3.63, 3.8) is 0 Å². The highest BCUT2D eigenvalue weighted by atomic mass is 35.5. The van der Waals surface area contributed by atoms with Crippen LogP contribution in [-0.4, -0.2) is 23.2 Å². The number of ether oxygens (including phenoxy) is 1. The first-order valence-corrected chi connectivity index (χ1v) is 7.10. The molecule has 0 saturated carbocycles. The normalized spacial score (nSPS) is 12.8. The van der Waals surface area contributed by atoms with Crippen LogP contribution in [0.4, 0.5) is 0 Å². The molecule has 0 aliphatic carbocycles. The lowest BCUT2D eigenvalue weighted by atomic mass is 10.0. The molecule has 0 aliphatic rings. The van der Waals surface area contributed by atoms with Gasteiger partial charge in [-0.1, -0.05) is 25.4 Å². The van der Waals surface area contributed by atoms with Crippen molar-refractivity contribution in [2.24, 2.45) is 5.92 Å². The van der Waals surface area contributed by atoms with Gasteiger partial charge < -0.3 is 9.84 Å². The first-order valence-electron chi connectivity index (χ1n) is 6.72. The number of halogens is 1. The molecule has 4 nitrogen and oxygen atoms in total. The lowest BCUT2D eigenvalue weighted by Crippen LogP contribution is -2.40. The van der Waals surface area contributed by atoms with Crippen LogP contribution >= 0.6 is 11.6 Å². The van der Waals surface area contributed by atoms with Crippen molar-refractivity contribution in [1.29, 1.82) is 0 Å². The minimum Gasteiger partial charge on any atom is -0.491 e. The van der Waals surface area contributed by atoms with E-state index in [1.54, 1.807) is 12.1 Å². The average Bonchev–Trinajstić information content (AvgIpc) is 2.31. The predicted molar refractivity (Wildman–Crippen MR) is 80.3 cm³/mol. The van der Waals surface area contributed by atoms with Gasteiger partial charge in [0.15, 0.2) is 0 Å². The van der Waals surface area contributed by atoms with Crippen LogP contribution in [0.25, 0.3) is 0 Å². The fraction of sp³-hybridized carbons (Fsp3) is 0.533. The van der Waals surface area contributed by atoms with Crippen LogP contribution in [-0.2, 0) is 11.3 Å². The molecule has 1 rings (SSSR count). The summed E-state index contributed by atoms with van der Waals surface area (Å²) in [6.45, 7) is 8.03. The minimum absolute atomic E-state index is 0.00107. The molecule has 0 saturated heterocycles. The van der Waals surface area contributed by atoms with Crippen LogP contribution in [0.1, 0.15) is 33.3 Å².